The molecule has 5 nitrogen and oxygen atoms in total. The first-order valence-corrected chi connectivity index (χ1v) is 17.6. The van der Waals surface area contributed by atoms with Crippen molar-refractivity contribution in [2.75, 3.05) is 0 Å². The van der Waals surface area contributed by atoms with Crippen LogP contribution in [0.3, 0.4) is 0 Å². The van der Waals surface area contributed by atoms with Crippen molar-refractivity contribution in [2.24, 2.45) is 0 Å². The zero-order chi connectivity index (χ0) is 35.1. The van der Waals surface area contributed by atoms with Gasteiger partial charge < -0.3 is 4.42 Å². The Hall–Kier alpha value is -7.24. The fourth-order valence-electron chi connectivity index (χ4n) is 7.10. The maximum atomic E-state index is 6.48. The molecule has 0 unspecified atom stereocenters. The van der Waals surface area contributed by atoms with Gasteiger partial charge in [-0.05, 0) is 87.1 Å². The lowest BCUT2D eigenvalue weighted by atomic mass is 9.94. The number of aromatic nitrogens is 4. The van der Waals surface area contributed by atoms with Crippen molar-refractivity contribution in [1.82, 2.24) is 19.9 Å². The Bertz CT molecular complexity index is 2950. The van der Waals surface area contributed by atoms with Gasteiger partial charge in [0.1, 0.15) is 11.1 Å². The van der Waals surface area contributed by atoms with Crippen LogP contribution in [0.2, 0.25) is 0 Å². The number of hydrogen-bond donors (Lipinski definition) is 0. The molecule has 0 bridgehead atoms. The summed E-state index contributed by atoms with van der Waals surface area (Å²) in [7, 11) is 0. The minimum atomic E-state index is 0.581. The van der Waals surface area contributed by atoms with Crippen molar-refractivity contribution >= 4 is 32.8 Å². The predicted octanol–water partition coefficient (Wildman–Crippen LogP) is 12.3. The highest BCUT2D eigenvalue weighted by Crippen LogP contribution is 2.39. The van der Waals surface area contributed by atoms with E-state index in [4.69, 9.17) is 24.4 Å². The van der Waals surface area contributed by atoms with Crippen molar-refractivity contribution in [3.63, 3.8) is 0 Å². The van der Waals surface area contributed by atoms with Gasteiger partial charge in [-0.25, -0.2) is 15.0 Å². The molecular formula is C48H30N4O. The molecule has 0 amide bonds. The fourth-order valence-corrected chi connectivity index (χ4v) is 7.10. The van der Waals surface area contributed by atoms with E-state index in [9.17, 15) is 0 Å². The Balaban J connectivity index is 1.21. The number of para-hydroxylation sites is 1. The molecule has 0 atom stereocenters. The summed E-state index contributed by atoms with van der Waals surface area (Å²) in [6.45, 7) is 0. The maximum Gasteiger partial charge on any atom is 0.164 e. The predicted molar refractivity (Wildman–Crippen MR) is 215 cm³/mol. The normalized spacial score (nSPS) is 11.4. The van der Waals surface area contributed by atoms with Gasteiger partial charge in [-0.2, -0.15) is 0 Å². The second-order valence-corrected chi connectivity index (χ2v) is 13.1. The zero-order valence-electron chi connectivity index (χ0n) is 28.5. The van der Waals surface area contributed by atoms with Crippen LogP contribution in [-0.2, 0) is 0 Å². The number of furan rings is 1. The lowest BCUT2D eigenvalue weighted by Crippen LogP contribution is -2.01. The third kappa shape index (κ3) is 5.71. The van der Waals surface area contributed by atoms with Crippen LogP contribution in [0.15, 0.2) is 187 Å². The van der Waals surface area contributed by atoms with Gasteiger partial charge in [-0.3, -0.25) is 4.98 Å². The van der Waals surface area contributed by atoms with Crippen molar-refractivity contribution in [1.29, 1.82) is 0 Å². The number of rotatable bonds is 6. The number of pyridine rings is 1. The highest BCUT2D eigenvalue weighted by atomic mass is 16.3. The van der Waals surface area contributed by atoms with Crippen LogP contribution in [0.1, 0.15) is 0 Å². The summed E-state index contributed by atoms with van der Waals surface area (Å²) in [6, 6.07) is 60.5. The molecule has 0 saturated carbocycles. The molecule has 5 heteroatoms. The van der Waals surface area contributed by atoms with Gasteiger partial charge in [0, 0.05) is 33.8 Å². The summed E-state index contributed by atoms with van der Waals surface area (Å²) in [6.07, 6.45) is 1.86. The van der Waals surface area contributed by atoms with Crippen LogP contribution in [0.5, 0.6) is 0 Å². The molecule has 0 N–H and O–H groups in total. The lowest BCUT2D eigenvalue weighted by molar-refractivity contribution is 0.669. The van der Waals surface area contributed by atoms with Gasteiger partial charge in [0.25, 0.3) is 0 Å². The van der Waals surface area contributed by atoms with Crippen molar-refractivity contribution in [3.8, 4) is 67.5 Å². The van der Waals surface area contributed by atoms with E-state index in [0.717, 1.165) is 72.1 Å². The molecule has 0 aliphatic rings. The molecule has 10 aromatic rings. The van der Waals surface area contributed by atoms with E-state index in [-0.39, 0.29) is 0 Å². The van der Waals surface area contributed by atoms with Gasteiger partial charge >= 0.3 is 0 Å². The lowest BCUT2D eigenvalue weighted by Gasteiger charge is -2.13. The van der Waals surface area contributed by atoms with Gasteiger partial charge in [-0.1, -0.05) is 127 Å². The Morgan fingerprint density at radius 2 is 0.943 bits per heavy atom. The number of benzene rings is 7. The monoisotopic (exact) mass is 678 g/mol. The van der Waals surface area contributed by atoms with Gasteiger partial charge in [0.05, 0.1) is 0 Å². The second-order valence-electron chi connectivity index (χ2n) is 13.1. The van der Waals surface area contributed by atoms with Crippen molar-refractivity contribution < 1.29 is 4.42 Å². The molecule has 0 aliphatic carbocycles. The van der Waals surface area contributed by atoms with Crippen LogP contribution < -0.4 is 0 Å². The van der Waals surface area contributed by atoms with E-state index < -0.39 is 0 Å². The molecule has 0 spiro atoms. The maximum absolute atomic E-state index is 6.48. The Kier molecular flexibility index (Phi) is 7.40. The SMILES string of the molecule is c1ccc(-c2cccc(-c3nc(-c4ccccc4)nc(-c4cc(-c5ccc6ccccc6c5)cc(-c5ccnc6c5oc5ccccc56)c4)n3)c2)cc1. The standard InChI is InChI=1S/C48H30N4O/c1-3-12-31(13-4-1)35-18-11-19-37(27-35)47-50-46(33-15-5-2-6-16-33)51-48(52-47)40-29-38(36-23-22-32-14-7-8-17-34(32)26-36)28-39(30-40)41-24-25-49-44-42-20-9-10-21-43(42)53-45(41)44/h1-30H. The van der Waals surface area contributed by atoms with E-state index >= 15 is 0 Å². The smallest absolute Gasteiger partial charge is 0.164 e. The highest BCUT2D eigenvalue weighted by Gasteiger charge is 2.18. The Labute approximate surface area is 305 Å². The molecular weight excluding hydrogens is 649 g/mol. The van der Waals surface area contributed by atoms with Crippen LogP contribution in [-0.4, -0.2) is 19.9 Å². The van der Waals surface area contributed by atoms with Crippen LogP contribution >= 0.6 is 0 Å². The highest BCUT2D eigenvalue weighted by molar-refractivity contribution is 6.07. The molecule has 7 aromatic carbocycles. The first-order valence-electron chi connectivity index (χ1n) is 17.6. The van der Waals surface area contributed by atoms with Crippen molar-refractivity contribution in [2.45, 2.75) is 0 Å². The summed E-state index contributed by atoms with van der Waals surface area (Å²) in [5.74, 6) is 1.79. The second kappa shape index (κ2) is 12.8. The van der Waals surface area contributed by atoms with E-state index in [1.807, 2.05) is 66.9 Å². The minimum Gasteiger partial charge on any atom is -0.454 e. The zero-order valence-corrected chi connectivity index (χ0v) is 28.5. The first-order chi connectivity index (χ1) is 26.2. The Morgan fingerprint density at radius 1 is 0.358 bits per heavy atom. The molecule has 0 radical (unpaired) electrons. The summed E-state index contributed by atoms with van der Waals surface area (Å²) < 4.78 is 6.48. The van der Waals surface area contributed by atoms with Crippen LogP contribution in [0.25, 0.3) is 100 Å². The number of nitrogens with zero attached hydrogens (tertiary/aromatic N) is 4. The average molecular weight is 679 g/mol. The number of hydrogen-bond acceptors (Lipinski definition) is 5. The molecule has 53 heavy (non-hydrogen) atoms. The van der Waals surface area contributed by atoms with Gasteiger partial charge in [0.15, 0.2) is 23.1 Å². The van der Waals surface area contributed by atoms with Crippen LogP contribution in [0.4, 0.5) is 0 Å². The topological polar surface area (TPSA) is 64.7 Å². The average Bonchev–Trinajstić information content (AvgIpc) is 3.63. The Morgan fingerprint density at radius 3 is 1.77 bits per heavy atom. The molecule has 0 saturated heterocycles. The first kappa shape index (κ1) is 30.6. The van der Waals surface area contributed by atoms with Crippen molar-refractivity contribution in [3.05, 3.63) is 182 Å². The molecule has 3 heterocycles. The quantitative estimate of drug-likeness (QED) is 0.175. The molecule has 0 fully saturated rings. The van der Waals surface area contributed by atoms with E-state index in [2.05, 4.69) is 115 Å². The molecule has 248 valence electrons. The van der Waals surface area contributed by atoms with E-state index in [1.54, 1.807) is 0 Å². The van der Waals surface area contributed by atoms with Gasteiger partial charge in [0.2, 0.25) is 0 Å². The van der Waals surface area contributed by atoms with E-state index in [0.29, 0.717) is 17.5 Å². The molecule has 10 rings (SSSR count). The van der Waals surface area contributed by atoms with Crippen LogP contribution in [0, 0.1) is 0 Å². The molecule has 3 aromatic heterocycles. The summed E-state index contributed by atoms with van der Waals surface area (Å²) in [5.41, 5.74) is 11.4. The fraction of sp³-hybridized carbons (Fsp3) is 0. The molecule has 0 aliphatic heterocycles. The summed E-state index contributed by atoms with van der Waals surface area (Å²) in [4.78, 5) is 20.1. The minimum absolute atomic E-state index is 0.581. The largest absolute Gasteiger partial charge is 0.454 e. The van der Waals surface area contributed by atoms with Gasteiger partial charge in [-0.15, -0.1) is 0 Å². The summed E-state index contributed by atoms with van der Waals surface area (Å²) >= 11 is 0. The van der Waals surface area contributed by atoms with E-state index in [1.165, 1.54) is 10.8 Å². The number of fused-ring (bicyclic) bond motifs is 4. The third-order valence-corrected chi connectivity index (χ3v) is 9.74. The summed E-state index contributed by atoms with van der Waals surface area (Å²) in [5, 5.41) is 3.35. The third-order valence-electron chi connectivity index (χ3n) is 9.74.